The molecular formula is C14H20N2O2. The molecule has 1 aliphatic carbocycles. The fraction of sp³-hybridized carbons (Fsp3) is 0.500. The molecule has 1 aromatic rings. The molecule has 0 aromatic heterocycles. The maximum atomic E-state index is 12.4. The van der Waals surface area contributed by atoms with Crippen LogP contribution in [-0.2, 0) is 4.79 Å². The summed E-state index contributed by atoms with van der Waals surface area (Å²) < 4.78 is 5.22. The molecule has 4 heteroatoms. The Labute approximate surface area is 108 Å². The van der Waals surface area contributed by atoms with E-state index in [1.807, 2.05) is 31.2 Å². The van der Waals surface area contributed by atoms with Crippen molar-refractivity contribution in [3.8, 4) is 5.75 Å². The second kappa shape index (κ2) is 4.98. The summed E-state index contributed by atoms with van der Waals surface area (Å²) in [4.78, 5) is 12.4. The number of carbonyl (C=O) groups is 1. The van der Waals surface area contributed by atoms with Crippen LogP contribution in [0.25, 0.3) is 0 Å². The van der Waals surface area contributed by atoms with Gasteiger partial charge in [-0.2, -0.15) is 0 Å². The number of rotatable bonds is 3. The minimum Gasteiger partial charge on any atom is -0.495 e. The summed E-state index contributed by atoms with van der Waals surface area (Å²) in [6.07, 6.45) is 2.77. The van der Waals surface area contributed by atoms with Crippen molar-refractivity contribution in [3.63, 3.8) is 0 Å². The molecule has 98 valence electrons. The molecule has 0 aliphatic heterocycles. The Morgan fingerprint density at radius 2 is 2.22 bits per heavy atom. The number of amides is 1. The summed E-state index contributed by atoms with van der Waals surface area (Å²) in [7, 11) is 1.59. The van der Waals surface area contributed by atoms with Gasteiger partial charge in [0, 0.05) is 6.04 Å². The van der Waals surface area contributed by atoms with E-state index in [0.717, 1.165) is 19.3 Å². The van der Waals surface area contributed by atoms with E-state index in [0.29, 0.717) is 11.4 Å². The summed E-state index contributed by atoms with van der Waals surface area (Å²) >= 11 is 0. The van der Waals surface area contributed by atoms with E-state index in [9.17, 15) is 4.79 Å². The third-order valence-electron chi connectivity index (χ3n) is 3.90. The summed E-state index contributed by atoms with van der Waals surface area (Å²) in [5.74, 6) is 0.651. The lowest BCUT2D eigenvalue weighted by molar-refractivity contribution is -0.125. The Morgan fingerprint density at radius 3 is 2.83 bits per heavy atom. The molecule has 1 aromatic carbocycles. The van der Waals surface area contributed by atoms with Gasteiger partial charge in [-0.25, -0.2) is 0 Å². The lowest BCUT2D eigenvalue weighted by atomic mass is 9.84. The maximum absolute atomic E-state index is 12.4. The third kappa shape index (κ3) is 2.20. The van der Waals surface area contributed by atoms with Crippen LogP contribution in [0.1, 0.15) is 26.2 Å². The molecule has 3 N–H and O–H groups in total. The first-order valence-electron chi connectivity index (χ1n) is 6.28. The van der Waals surface area contributed by atoms with Crippen molar-refractivity contribution in [2.75, 3.05) is 12.4 Å². The van der Waals surface area contributed by atoms with E-state index in [4.69, 9.17) is 10.5 Å². The molecule has 0 heterocycles. The zero-order valence-electron chi connectivity index (χ0n) is 10.9. The number of nitrogens with two attached hydrogens (primary N) is 1. The van der Waals surface area contributed by atoms with Crippen LogP contribution in [0.15, 0.2) is 24.3 Å². The summed E-state index contributed by atoms with van der Waals surface area (Å²) in [5, 5.41) is 2.93. The number of hydrogen-bond donors (Lipinski definition) is 2. The van der Waals surface area contributed by atoms with E-state index >= 15 is 0 Å². The van der Waals surface area contributed by atoms with Crippen molar-refractivity contribution in [1.82, 2.24) is 0 Å². The summed E-state index contributed by atoms with van der Waals surface area (Å²) in [6.45, 7) is 1.94. The van der Waals surface area contributed by atoms with Crippen LogP contribution in [0.3, 0.4) is 0 Å². The Morgan fingerprint density at radius 1 is 1.50 bits per heavy atom. The van der Waals surface area contributed by atoms with Gasteiger partial charge >= 0.3 is 0 Å². The molecule has 1 fully saturated rings. The number of methoxy groups -OCH3 is 1. The molecule has 1 amide bonds. The number of benzene rings is 1. The molecule has 2 rings (SSSR count). The fourth-order valence-electron chi connectivity index (χ4n) is 2.49. The van der Waals surface area contributed by atoms with Crippen LogP contribution in [0.2, 0.25) is 0 Å². The highest BCUT2D eigenvalue weighted by Crippen LogP contribution is 2.38. The zero-order valence-corrected chi connectivity index (χ0v) is 10.9. The molecule has 1 saturated carbocycles. The monoisotopic (exact) mass is 248 g/mol. The first-order chi connectivity index (χ1) is 8.58. The quantitative estimate of drug-likeness (QED) is 0.861. The SMILES string of the molecule is COc1ccccc1NC(=O)C1(C)CCCC1N. The Bertz CT molecular complexity index is 447. The van der Waals surface area contributed by atoms with Crippen LogP contribution in [0, 0.1) is 5.41 Å². The maximum Gasteiger partial charge on any atom is 0.231 e. The lowest BCUT2D eigenvalue weighted by Gasteiger charge is -2.27. The van der Waals surface area contributed by atoms with Crippen LogP contribution in [0.4, 0.5) is 5.69 Å². The fourth-order valence-corrected chi connectivity index (χ4v) is 2.49. The van der Waals surface area contributed by atoms with Crippen LogP contribution < -0.4 is 15.8 Å². The normalized spacial score (nSPS) is 26.9. The Kier molecular flexibility index (Phi) is 3.57. The first-order valence-corrected chi connectivity index (χ1v) is 6.28. The number of para-hydroxylation sites is 2. The summed E-state index contributed by atoms with van der Waals surface area (Å²) in [5.41, 5.74) is 6.27. The molecule has 18 heavy (non-hydrogen) atoms. The number of anilines is 1. The third-order valence-corrected chi connectivity index (χ3v) is 3.90. The van der Waals surface area contributed by atoms with Gasteiger partial charge < -0.3 is 15.8 Å². The second-order valence-corrected chi connectivity index (χ2v) is 5.07. The second-order valence-electron chi connectivity index (χ2n) is 5.07. The zero-order chi connectivity index (χ0) is 13.2. The first kappa shape index (κ1) is 12.9. The standard InChI is InChI=1S/C14H20N2O2/c1-14(9-5-8-12(14)15)13(17)16-10-6-3-4-7-11(10)18-2/h3-4,6-7,12H,5,8-9,15H2,1-2H3,(H,16,17). The highest BCUT2D eigenvalue weighted by Gasteiger charge is 2.43. The molecule has 0 saturated heterocycles. The molecule has 1 aliphatic rings. The largest absolute Gasteiger partial charge is 0.495 e. The van der Waals surface area contributed by atoms with Gasteiger partial charge in [-0.05, 0) is 31.9 Å². The minimum atomic E-state index is -0.471. The topological polar surface area (TPSA) is 64.3 Å². The van der Waals surface area contributed by atoms with Crippen LogP contribution >= 0.6 is 0 Å². The van der Waals surface area contributed by atoms with Crippen LogP contribution in [0.5, 0.6) is 5.75 Å². The van der Waals surface area contributed by atoms with Gasteiger partial charge in [-0.1, -0.05) is 18.6 Å². The number of ether oxygens (including phenoxy) is 1. The van der Waals surface area contributed by atoms with Gasteiger partial charge in [0.15, 0.2) is 0 Å². The van der Waals surface area contributed by atoms with Crippen LogP contribution in [-0.4, -0.2) is 19.1 Å². The van der Waals surface area contributed by atoms with E-state index in [1.54, 1.807) is 7.11 Å². The van der Waals surface area contributed by atoms with Crippen molar-refractivity contribution < 1.29 is 9.53 Å². The highest BCUT2D eigenvalue weighted by molar-refractivity contribution is 5.97. The Balaban J connectivity index is 2.16. The molecule has 4 nitrogen and oxygen atoms in total. The molecular weight excluding hydrogens is 228 g/mol. The van der Waals surface area contributed by atoms with Crippen molar-refractivity contribution >= 4 is 11.6 Å². The Hall–Kier alpha value is -1.55. The number of nitrogens with one attached hydrogen (secondary N) is 1. The predicted molar refractivity (Wildman–Crippen MR) is 71.6 cm³/mol. The predicted octanol–water partition coefficient (Wildman–Crippen LogP) is 2.15. The molecule has 0 spiro atoms. The number of carbonyl (C=O) groups excluding carboxylic acids is 1. The van der Waals surface area contributed by atoms with E-state index in [2.05, 4.69) is 5.32 Å². The van der Waals surface area contributed by atoms with Gasteiger partial charge in [0.2, 0.25) is 5.91 Å². The van der Waals surface area contributed by atoms with E-state index in [1.165, 1.54) is 0 Å². The van der Waals surface area contributed by atoms with Crippen molar-refractivity contribution in [3.05, 3.63) is 24.3 Å². The average molecular weight is 248 g/mol. The smallest absolute Gasteiger partial charge is 0.231 e. The van der Waals surface area contributed by atoms with Gasteiger partial charge in [0.25, 0.3) is 0 Å². The van der Waals surface area contributed by atoms with Gasteiger partial charge in [0.1, 0.15) is 5.75 Å². The van der Waals surface area contributed by atoms with Gasteiger partial charge in [-0.3, -0.25) is 4.79 Å². The summed E-state index contributed by atoms with van der Waals surface area (Å²) in [6, 6.07) is 7.34. The lowest BCUT2D eigenvalue weighted by Crippen LogP contribution is -2.44. The van der Waals surface area contributed by atoms with Gasteiger partial charge in [0.05, 0.1) is 18.2 Å². The molecule has 0 radical (unpaired) electrons. The molecule has 2 atom stereocenters. The minimum absolute atomic E-state index is 0.0167. The average Bonchev–Trinajstić information content (AvgIpc) is 2.71. The number of hydrogen-bond acceptors (Lipinski definition) is 3. The van der Waals surface area contributed by atoms with Crippen molar-refractivity contribution in [2.45, 2.75) is 32.2 Å². The molecule has 2 unspecified atom stereocenters. The van der Waals surface area contributed by atoms with Crippen molar-refractivity contribution in [1.29, 1.82) is 0 Å². The van der Waals surface area contributed by atoms with E-state index in [-0.39, 0.29) is 11.9 Å². The van der Waals surface area contributed by atoms with Crippen molar-refractivity contribution in [2.24, 2.45) is 11.1 Å². The van der Waals surface area contributed by atoms with E-state index < -0.39 is 5.41 Å². The highest BCUT2D eigenvalue weighted by atomic mass is 16.5. The van der Waals surface area contributed by atoms with Gasteiger partial charge in [-0.15, -0.1) is 0 Å². The molecule has 0 bridgehead atoms.